The van der Waals surface area contributed by atoms with Crippen LogP contribution in [0.2, 0.25) is 10.0 Å². The third kappa shape index (κ3) is 4.07. The van der Waals surface area contributed by atoms with Crippen LogP contribution in [0.4, 0.5) is 13.2 Å². The highest BCUT2D eigenvalue weighted by molar-refractivity contribution is 6.36. The normalized spacial score (nSPS) is 11.4. The lowest BCUT2D eigenvalue weighted by Crippen LogP contribution is -2.11. The number of hydrogen-bond donors (Lipinski definition) is 0. The number of rotatable bonds is 4. The monoisotopic (exact) mass is 300 g/mol. The first-order valence-corrected chi connectivity index (χ1v) is 5.63. The van der Waals surface area contributed by atoms with Crippen molar-refractivity contribution >= 4 is 29.0 Å². The summed E-state index contributed by atoms with van der Waals surface area (Å²) in [5.41, 5.74) is -0.0354. The molecule has 0 fully saturated rings. The van der Waals surface area contributed by atoms with Crippen molar-refractivity contribution in [2.45, 2.75) is 19.0 Å². The van der Waals surface area contributed by atoms with E-state index in [0.717, 1.165) is 0 Å². The van der Waals surface area contributed by atoms with E-state index >= 15 is 0 Å². The molecule has 0 saturated carbocycles. The Labute approximate surface area is 112 Å². The van der Waals surface area contributed by atoms with Gasteiger partial charge in [0.25, 0.3) is 0 Å². The molecular weight excluding hydrogens is 292 g/mol. The molecule has 0 bridgehead atoms. The van der Waals surface area contributed by atoms with Crippen molar-refractivity contribution in [2.24, 2.45) is 0 Å². The highest BCUT2D eigenvalue weighted by Gasteiger charge is 2.28. The molecule has 2 nitrogen and oxygen atoms in total. The standard InChI is InChI=1S/C11H9Cl2F3O2/c1-18-10-5-7(12)6(4-8(10)13)9(17)2-3-11(14,15)16/h4-5H,2-3H2,1H3. The average molecular weight is 301 g/mol. The molecule has 18 heavy (non-hydrogen) atoms. The zero-order chi connectivity index (χ0) is 13.9. The average Bonchev–Trinajstić information content (AvgIpc) is 2.27. The smallest absolute Gasteiger partial charge is 0.389 e. The molecule has 0 unspecified atom stereocenters. The number of hydrogen-bond acceptors (Lipinski definition) is 2. The van der Waals surface area contributed by atoms with E-state index in [1.165, 1.54) is 19.2 Å². The molecule has 0 aliphatic carbocycles. The van der Waals surface area contributed by atoms with Crippen LogP contribution in [0, 0.1) is 0 Å². The first-order valence-electron chi connectivity index (χ1n) is 4.87. The van der Waals surface area contributed by atoms with Gasteiger partial charge in [0.15, 0.2) is 5.78 Å². The summed E-state index contributed by atoms with van der Waals surface area (Å²) in [6.07, 6.45) is -6.23. The minimum Gasteiger partial charge on any atom is -0.495 e. The van der Waals surface area contributed by atoms with Gasteiger partial charge in [0.1, 0.15) is 5.75 Å². The van der Waals surface area contributed by atoms with Gasteiger partial charge in [-0.25, -0.2) is 0 Å². The lowest BCUT2D eigenvalue weighted by molar-refractivity contribution is -0.133. The van der Waals surface area contributed by atoms with Crippen LogP contribution in [0.3, 0.4) is 0 Å². The quantitative estimate of drug-likeness (QED) is 0.764. The number of ether oxygens (including phenoxy) is 1. The van der Waals surface area contributed by atoms with Crippen molar-refractivity contribution in [1.82, 2.24) is 0 Å². The van der Waals surface area contributed by atoms with Gasteiger partial charge in [-0.2, -0.15) is 13.2 Å². The fourth-order valence-corrected chi connectivity index (χ4v) is 1.79. The van der Waals surface area contributed by atoms with Gasteiger partial charge in [0, 0.05) is 18.1 Å². The number of carbonyl (C=O) groups is 1. The minimum absolute atomic E-state index is 0.0171. The first-order chi connectivity index (χ1) is 8.24. The Morgan fingerprint density at radius 3 is 2.39 bits per heavy atom. The Morgan fingerprint density at radius 2 is 1.89 bits per heavy atom. The van der Waals surface area contributed by atoms with Gasteiger partial charge in [-0.05, 0) is 6.07 Å². The van der Waals surface area contributed by atoms with Crippen molar-refractivity contribution in [3.8, 4) is 5.75 Å². The third-order valence-corrected chi connectivity index (χ3v) is 2.79. The van der Waals surface area contributed by atoms with Crippen LogP contribution in [0.1, 0.15) is 23.2 Å². The maximum atomic E-state index is 12.0. The molecule has 0 aliphatic heterocycles. The van der Waals surface area contributed by atoms with Crippen LogP contribution < -0.4 is 4.74 Å². The highest BCUT2D eigenvalue weighted by Crippen LogP contribution is 2.32. The summed E-state index contributed by atoms with van der Waals surface area (Å²) in [7, 11) is 1.36. The maximum Gasteiger partial charge on any atom is 0.389 e. The van der Waals surface area contributed by atoms with Crippen molar-refractivity contribution in [1.29, 1.82) is 0 Å². The molecule has 0 radical (unpaired) electrons. The lowest BCUT2D eigenvalue weighted by Gasteiger charge is -2.09. The number of ketones is 1. The molecule has 1 aromatic carbocycles. The molecular formula is C11H9Cl2F3O2. The van der Waals surface area contributed by atoms with Crippen molar-refractivity contribution in [3.05, 3.63) is 27.7 Å². The predicted octanol–water partition coefficient (Wildman–Crippen LogP) is 4.53. The van der Waals surface area contributed by atoms with Crippen molar-refractivity contribution < 1.29 is 22.7 Å². The molecule has 7 heteroatoms. The van der Waals surface area contributed by atoms with Crippen LogP contribution in [0.5, 0.6) is 5.75 Å². The fraction of sp³-hybridized carbons (Fsp3) is 0.364. The predicted molar refractivity (Wildman–Crippen MR) is 62.6 cm³/mol. The van der Waals surface area contributed by atoms with E-state index in [1.54, 1.807) is 0 Å². The molecule has 0 N–H and O–H groups in total. The summed E-state index contributed by atoms with van der Waals surface area (Å²) in [5, 5.41) is 0.140. The van der Waals surface area contributed by atoms with E-state index in [-0.39, 0.29) is 21.4 Å². The van der Waals surface area contributed by atoms with Gasteiger partial charge < -0.3 is 4.74 Å². The third-order valence-electron chi connectivity index (χ3n) is 2.18. The van der Waals surface area contributed by atoms with E-state index in [4.69, 9.17) is 27.9 Å². The van der Waals surface area contributed by atoms with Crippen LogP contribution >= 0.6 is 23.2 Å². The molecule has 100 valence electrons. The van der Waals surface area contributed by atoms with Gasteiger partial charge in [-0.3, -0.25) is 4.79 Å². The number of methoxy groups -OCH3 is 1. The summed E-state index contributed by atoms with van der Waals surface area (Å²) < 4.78 is 40.9. The van der Waals surface area contributed by atoms with Crippen LogP contribution in [-0.4, -0.2) is 19.1 Å². The van der Waals surface area contributed by atoms with Crippen LogP contribution in [-0.2, 0) is 0 Å². The maximum absolute atomic E-state index is 12.0. The number of halogens is 5. The SMILES string of the molecule is COc1cc(Cl)c(C(=O)CCC(F)(F)F)cc1Cl. The molecule has 0 heterocycles. The Bertz CT molecular complexity index is 458. The number of carbonyl (C=O) groups excluding carboxylic acids is 1. The Hall–Kier alpha value is -0.940. The summed E-state index contributed by atoms with van der Waals surface area (Å²) >= 11 is 11.6. The highest BCUT2D eigenvalue weighted by atomic mass is 35.5. The van der Waals surface area contributed by atoms with E-state index in [1.807, 2.05) is 0 Å². The Balaban J connectivity index is 2.90. The molecule has 1 aromatic rings. The summed E-state index contributed by atoms with van der Waals surface area (Å²) in [4.78, 5) is 11.6. The largest absolute Gasteiger partial charge is 0.495 e. The second kappa shape index (κ2) is 5.80. The molecule has 0 amide bonds. The van der Waals surface area contributed by atoms with Crippen molar-refractivity contribution in [3.63, 3.8) is 0 Å². The molecule has 0 aromatic heterocycles. The summed E-state index contributed by atoms with van der Waals surface area (Å²) in [6, 6.07) is 2.51. The number of benzene rings is 1. The van der Waals surface area contributed by atoms with Crippen molar-refractivity contribution in [2.75, 3.05) is 7.11 Å². The van der Waals surface area contributed by atoms with Gasteiger partial charge in [0.05, 0.1) is 23.6 Å². The lowest BCUT2D eigenvalue weighted by atomic mass is 10.1. The molecule has 1 rings (SSSR count). The van der Waals surface area contributed by atoms with Gasteiger partial charge >= 0.3 is 6.18 Å². The zero-order valence-corrected chi connectivity index (χ0v) is 10.8. The zero-order valence-electron chi connectivity index (χ0n) is 9.28. The van der Waals surface area contributed by atoms with Gasteiger partial charge in [-0.1, -0.05) is 23.2 Å². The molecule has 0 atom stereocenters. The second-order valence-electron chi connectivity index (χ2n) is 3.50. The van der Waals surface area contributed by atoms with E-state index in [9.17, 15) is 18.0 Å². The van der Waals surface area contributed by atoms with E-state index < -0.39 is 24.8 Å². The Kier molecular flexibility index (Phi) is 4.87. The van der Waals surface area contributed by atoms with Gasteiger partial charge in [-0.15, -0.1) is 0 Å². The second-order valence-corrected chi connectivity index (χ2v) is 4.32. The number of Topliss-reactive ketones (excluding diaryl/α,β-unsaturated/α-hetero) is 1. The van der Waals surface area contributed by atoms with E-state index in [0.29, 0.717) is 0 Å². The molecule has 0 saturated heterocycles. The fourth-order valence-electron chi connectivity index (χ4n) is 1.29. The van der Waals surface area contributed by atoms with Crippen LogP contribution in [0.25, 0.3) is 0 Å². The van der Waals surface area contributed by atoms with Crippen LogP contribution in [0.15, 0.2) is 12.1 Å². The summed E-state index contributed by atoms with van der Waals surface area (Å²) in [5.74, 6) is -0.448. The Morgan fingerprint density at radius 1 is 1.28 bits per heavy atom. The topological polar surface area (TPSA) is 26.3 Å². The summed E-state index contributed by atoms with van der Waals surface area (Å²) in [6.45, 7) is 0. The number of alkyl halides is 3. The van der Waals surface area contributed by atoms with E-state index in [2.05, 4.69) is 0 Å². The van der Waals surface area contributed by atoms with Gasteiger partial charge in [0.2, 0.25) is 0 Å². The first kappa shape index (κ1) is 15.1. The molecule has 0 aliphatic rings. The molecule has 0 spiro atoms. The minimum atomic E-state index is -4.38.